The van der Waals surface area contributed by atoms with Crippen LogP contribution in [-0.2, 0) is 19.5 Å². The van der Waals surface area contributed by atoms with Crippen LogP contribution in [0.15, 0.2) is 0 Å². The molecule has 2 atom stereocenters. The van der Waals surface area contributed by atoms with Crippen molar-refractivity contribution in [3.63, 3.8) is 0 Å². The molecule has 0 spiro atoms. The topological polar surface area (TPSA) is 78.6 Å². The van der Waals surface area contributed by atoms with Crippen LogP contribution >= 0.6 is 0 Å². The summed E-state index contributed by atoms with van der Waals surface area (Å²) in [6, 6.07) is 0. The van der Waals surface area contributed by atoms with E-state index in [-0.39, 0.29) is 18.0 Å². The van der Waals surface area contributed by atoms with Gasteiger partial charge in [-0.25, -0.2) is 13.6 Å². The number of primary sulfonamides is 1. The minimum absolute atomic E-state index is 0.0551. The van der Waals surface area contributed by atoms with Crippen LogP contribution in [0, 0.1) is 5.41 Å². The van der Waals surface area contributed by atoms with Gasteiger partial charge in [0.2, 0.25) is 10.0 Å². The molecule has 2 unspecified atom stereocenters. The van der Waals surface area contributed by atoms with Gasteiger partial charge >= 0.3 is 0 Å². The maximum Gasteiger partial charge on any atom is 0.209 e. The van der Waals surface area contributed by atoms with E-state index in [9.17, 15) is 8.42 Å². The lowest BCUT2D eigenvalue weighted by Crippen LogP contribution is -2.36. The molecule has 0 aliphatic heterocycles. The van der Waals surface area contributed by atoms with Crippen molar-refractivity contribution in [1.82, 2.24) is 0 Å². The minimum Gasteiger partial charge on any atom is -0.381 e. The van der Waals surface area contributed by atoms with Gasteiger partial charge in [-0.1, -0.05) is 13.8 Å². The standard InChI is InChI=1S/C12H25NO4S/c1-12(2,9-18(13,14)15)8-17-11-6-4-5-10(7-11)16-3/h10-11H,4-9H2,1-3H3,(H2,13,14,15). The van der Waals surface area contributed by atoms with Gasteiger partial charge in [-0.2, -0.15) is 0 Å². The molecule has 0 amide bonds. The maximum atomic E-state index is 11.1. The minimum atomic E-state index is -3.45. The largest absolute Gasteiger partial charge is 0.381 e. The molecule has 2 N–H and O–H groups in total. The number of methoxy groups -OCH3 is 1. The predicted octanol–water partition coefficient (Wildman–Crippen LogP) is 1.28. The van der Waals surface area contributed by atoms with Crippen molar-refractivity contribution in [2.45, 2.75) is 51.7 Å². The maximum absolute atomic E-state index is 11.1. The number of sulfonamides is 1. The molecular formula is C12H25NO4S. The van der Waals surface area contributed by atoms with Gasteiger partial charge in [-0.15, -0.1) is 0 Å². The molecule has 18 heavy (non-hydrogen) atoms. The van der Waals surface area contributed by atoms with Gasteiger partial charge in [0.1, 0.15) is 0 Å². The van der Waals surface area contributed by atoms with E-state index >= 15 is 0 Å². The Balaban J connectivity index is 2.39. The highest BCUT2D eigenvalue weighted by Crippen LogP contribution is 2.26. The van der Waals surface area contributed by atoms with Crippen molar-refractivity contribution in [2.75, 3.05) is 19.5 Å². The van der Waals surface area contributed by atoms with Crippen molar-refractivity contribution in [1.29, 1.82) is 0 Å². The van der Waals surface area contributed by atoms with Crippen LogP contribution in [0.4, 0.5) is 0 Å². The molecule has 108 valence electrons. The fraction of sp³-hybridized carbons (Fsp3) is 1.00. The molecule has 1 saturated carbocycles. The van der Waals surface area contributed by atoms with Gasteiger partial charge in [-0.05, 0) is 25.7 Å². The first-order valence-corrected chi connectivity index (χ1v) is 8.08. The second kappa shape index (κ2) is 6.32. The lowest BCUT2D eigenvalue weighted by atomic mass is 9.93. The van der Waals surface area contributed by atoms with Crippen LogP contribution in [0.5, 0.6) is 0 Å². The molecule has 1 rings (SSSR count). The first-order chi connectivity index (χ1) is 8.22. The molecule has 0 bridgehead atoms. The fourth-order valence-corrected chi connectivity index (χ4v) is 3.57. The summed E-state index contributed by atoms with van der Waals surface area (Å²) in [6.45, 7) is 4.12. The Kier molecular flexibility index (Phi) is 5.58. The summed E-state index contributed by atoms with van der Waals surface area (Å²) >= 11 is 0. The lowest BCUT2D eigenvalue weighted by molar-refractivity contribution is -0.0493. The third kappa shape index (κ3) is 6.13. The Morgan fingerprint density at radius 1 is 1.28 bits per heavy atom. The number of nitrogens with two attached hydrogens (primary N) is 1. The Bertz CT molecular complexity index is 353. The molecule has 0 aromatic carbocycles. The van der Waals surface area contributed by atoms with Crippen molar-refractivity contribution < 1.29 is 17.9 Å². The summed E-state index contributed by atoms with van der Waals surface area (Å²) < 4.78 is 33.4. The Morgan fingerprint density at radius 2 is 1.89 bits per heavy atom. The van der Waals surface area contributed by atoms with Gasteiger partial charge in [0.15, 0.2) is 0 Å². The van der Waals surface area contributed by atoms with Crippen LogP contribution in [0.2, 0.25) is 0 Å². The Labute approximate surface area is 110 Å². The molecule has 0 heterocycles. The van der Waals surface area contributed by atoms with E-state index in [0.717, 1.165) is 25.7 Å². The molecule has 0 aromatic rings. The quantitative estimate of drug-likeness (QED) is 0.794. The molecule has 6 heteroatoms. The molecule has 0 radical (unpaired) electrons. The van der Waals surface area contributed by atoms with Crippen molar-refractivity contribution in [2.24, 2.45) is 10.6 Å². The number of ether oxygens (including phenoxy) is 2. The smallest absolute Gasteiger partial charge is 0.209 e. The number of hydrogen-bond acceptors (Lipinski definition) is 4. The molecular weight excluding hydrogens is 254 g/mol. The van der Waals surface area contributed by atoms with E-state index in [4.69, 9.17) is 14.6 Å². The fourth-order valence-electron chi connectivity index (χ4n) is 2.40. The van der Waals surface area contributed by atoms with Crippen LogP contribution in [0.25, 0.3) is 0 Å². The van der Waals surface area contributed by atoms with Gasteiger partial charge in [-0.3, -0.25) is 0 Å². The van der Waals surface area contributed by atoms with E-state index in [1.165, 1.54) is 0 Å². The average molecular weight is 279 g/mol. The van der Waals surface area contributed by atoms with Crippen molar-refractivity contribution >= 4 is 10.0 Å². The summed E-state index contributed by atoms with van der Waals surface area (Å²) in [5.74, 6) is -0.0551. The molecule has 5 nitrogen and oxygen atoms in total. The summed E-state index contributed by atoms with van der Waals surface area (Å²) in [7, 11) is -1.73. The summed E-state index contributed by atoms with van der Waals surface area (Å²) in [6.07, 6.45) is 4.52. The van der Waals surface area contributed by atoms with Crippen LogP contribution in [0.3, 0.4) is 0 Å². The predicted molar refractivity (Wildman–Crippen MR) is 70.8 cm³/mol. The van der Waals surface area contributed by atoms with E-state index in [1.807, 2.05) is 13.8 Å². The van der Waals surface area contributed by atoms with Crippen molar-refractivity contribution in [3.8, 4) is 0 Å². The highest BCUT2D eigenvalue weighted by Gasteiger charge is 2.28. The van der Waals surface area contributed by atoms with E-state index in [2.05, 4.69) is 0 Å². The van der Waals surface area contributed by atoms with Gasteiger partial charge in [0, 0.05) is 12.5 Å². The zero-order valence-corrected chi connectivity index (χ0v) is 12.3. The van der Waals surface area contributed by atoms with Gasteiger partial charge in [0.25, 0.3) is 0 Å². The SMILES string of the molecule is COC1CCCC(OCC(C)(C)CS(N)(=O)=O)C1. The normalized spacial score (nSPS) is 26.2. The molecule has 0 aromatic heterocycles. The Hall–Kier alpha value is -0.170. The Morgan fingerprint density at radius 3 is 2.44 bits per heavy atom. The first-order valence-electron chi connectivity index (χ1n) is 6.37. The van der Waals surface area contributed by atoms with Gasteiger partial charge in [0.05, 0.1) is 24.6 Å². The van der Waals surface area contributed by atoms with E-state index in [0.29, 0.717) is 6.61 Å². The summed E-state index contributed by atoms with van der Waals surface area (Å²) in [5, 5.41) is 5.07. The van der Waals surface area contributed by atoms with E-state index < -0.39 is 15.4 Å². The first kappa shape index (κ1) is 15.9. The molecule has 0 saturated heterocycles. The zero-order valence-electron chi connectivity index (χ0n) is 11.5. The van der Waals surface area contributed by atoms with E-state index in [1.54, 1.807) is 7.11 Å². The number of rotatable bonds is 6. The van der Waals surface area contributed by atoms with Crippen LogP contribution < -0.4 is 5.14 Å². The summed E-state index contributed by atoms with van der Waals surface area (Å²) in [4.78, 5) is 0. The highest BCUT2D eigenvalue weighted by molar-refractivity contribution is 7.89. The highest BCUT2D eigenvalue weighted by atomic mass is 32.2. The monoisotopic (exact) mass is 279 g/mol. The third-order valence-electron chi connectivity index (χ3n) is 3.21. The number of hydrogen-bond donors (Lipinski definition) is 1. The third-order valence-corrected chi connectivity index (χ3v) is 4.40. The zero-order chi connectivity index (χ0) is 13.8. The summed E-state index contributed by atoms with van der Waals surface area (Å²) in [5.41, 5.74) is -0.451. The lowest BCUT2D eigenvalue weighted by Gasteiger charge is -2.31. The molecule has 1 fully saturated rings. The van der Waals surface area contributed by atoms with Crippen molar-refractivity contribution in [3.05, 3.63) is 0 Å². The molecule has 1 aliphatic carbocycles. The van der Waals surface area contributed by atoms with Crippen LogP contribution in [0.1, 0.15) is 39.5 Å². The molecule has 1 aliphatic rings. The second-order valence-corrected chi connectivity index (χ2v) is 7.54. The van der Waals surface area contributed by atoms with Crippen LogP contribution in [-0.4, -0.2) is 40.1 Å². The van der Waals surface area contributed by atoms with Gasteiger partial charge < -0.3 is 9.47 Å². The second-order valence-electron chi connectivity index (χ2n) is 5.93. The average Bonchev–Trinajstić information content (AvgIpc) is 2.24.